The third-order valence-electron chi connectivity index (χ3n) is 3.43. The molecule has 0 bridgehead atoms. The van der Waals surface area contributed by atoms with Crippen molar-refractivity contribution in [2.24, 2.45) is 5.92 Å². The number of nitrogens with zero attached hydrogens (tertiary/aromatic N) is 2. The van der Waals surface area contributed by atoms with Crippen LogP contribution in [0.3, 0.4) is 0 Å². The average molecular weight is 278 g/mol. The van der Waals surface area contributed by atoms with Gasteiger partial charge in [0.1, 0.15) is 6.61 Å². The van der Waals surface area contributed by atoms with Crippen molar-refractivity contribution in [3.05, 3.63) is 33.2 Å². The van der Waals surface area contributed by atoms with Crippen LogP contribution in [0.25, 0.3) is 4.96 Å². The number of esters is 1. The van der Waals surface area contributed by atoms with Gasteiger partial charge in [0.15, 0.2) is 4.96 Å². The van der Waals surface area contributed by atoms with E-state index in [0.717, 1.165) is 25.0 Å². The molecule has 1 aliphatic rings. The first kappa shape index (κ1) is 12.3. The Hall–Kier alpha value is -1.69. The molecule has 0 amide bonds. The molecule has 5 nitrogen and oxygen atoms in total. The topological polar surface area (TPSA) is 60.7 Å². The van der Waals surface area contributed by atoms with Gasteiger partial charge in [-0.1, -0.05) is 6.42 Å². The third-order valence-corrected chi connectivity index (χ3v) is 4.37. The van der Waals surface area contributed by atoms with Gasteiger partial charge in [0.25, 0.3) is 5.56 Å². The zero-order chi connectivity index (χ0) is 13.4. The molecule has 1 fully saturated rings. The fourth-order valence-corrected chi connectivity index (χ4v) is 2.97. The number of fused-ring (bicyclic) bond motifs is 1. The molecule has 100 valence electrons. The second kappa shape index (κ2) is 4.77. The van der Waals surface area contributed by atoms with Crippen LogP contribution in [0.2, 0.25) is 0 Å². The summed E-state index contributed by atoms with van der Waals surface area (Å²) in [4.78, 5) is 28.5. The molecule has 0 N–H and O–H groups in total. The summed E-state index contributed by atoms with van der Waals surface area (Å²) in [5, 5.41) is 1.88. The molecule has 6 heteroatoms. The van der Waals surface area contributed by atoms with Crippen molar-refractivity contribution in [3.8, 4) is 0 Å². The summed E-state index contributed by atoms with van der Waals surface area (Å²) in [5.41, 5.74) is 1.26. The number of thiazole rings is 1. The Morgan fingerprint density at radius 2 is 2.37 bits per heavy atom. The molecular weight excluding hydrogens is 264 g/mol. The van der Waals surface area contributed by atoms with E-state index < -0.39 is 0 Å². The van der Waals surface area contributed by atoms with Crippen LogP contribution in [0.5, 0.6) is 0 Å². The summed E-state index contributed by atoms with van der Waals surface area (Å²) in [6, 6.07) is 1.43. The van der Waals surface area contributed by atoms with Gasteiger partial charge in [-0.2, -0.15) is 0 Å². The van der Waals surface area contributed by atoms with Crippen molar-refractivity contribution in [2.75, 3.05) is 0 Å². The second-order valence-corrected chi connectivity index (χ2v) is 5.65. The lowest BCUT2D eigenvalue weighted by Crippen LogP contribution is -2.24. The summed E-state index contributed by atoms with van der Waals surface area (Å²) in [5.74, 6) is -0.121. The summed E-state index contributed by atoms with van der Waals surface area (Å²) < 4.78 is 6.76. The molecule has 0 aromatic carbocycles. The highest BCUT2D eigenvalue weighted by atomic mass is 32.1. The van der Waals surface area contributed by atoms with Crippen LogP contribution in [0.4, 0.5) is 0 Å². The van der Waals surface area contributed by atoms with Gasteiger partial charge in [0.2, 0.25) is 0 Å². The lowest BCUT2D eigenvalue weighted by molar-refractivity contribution is -0.152. The number of hydrogen-bond donors (Lipinski definition) is 0. The standard InChI is InChI=1S/C13H14N2O3S/c1-8-7-19-13-14-10(5-11(16)15(8)13)6-18-12(17)9-3-2-4-9/h5,7,9H,2-4,6H2,1H3. The minimum Gasteiger partial charge on any atom is -0.459 e. The van der Waals surface area contributed by atoms with Gasteiger partial charge in [-0.25, -0.2) is 4.98 Å². The van der Waals surface area contributed by atoms with E-state index in [1.54, 1.807) is 4.40 Å². The fourth-order valence-electron chi connectivity index (χ4n) is 2.08. The molecule has 19 heavy (non-hydrogen) atoms. The first-order valence-electron chi connectivity index (χ1n) is 6.28. The van der Waals surface area contributed by atoms with Gasteiger partial charge < -0.3 is 4.74 Å². The lowest BCUT2D eigenvalue weighted by Gasteiger charge is -2.22. The quantitative estimate of drug-likeness (QED) is 0.805. The van der Waals surface area contributed by atoms with Gasteiger partial charge in [-0.3, -0.25) is 14.0 Å². The maximum atomic E-state index is 11.9. The number of hydrogen-bond acceptors (Lipinski definition) is 5. The monoisotopic (exact) mass is 278 g/mol. The predicted molar refractivity (Wildman–Crippen MR) is 71.2 cm³/mol. The van der Waals surface area contributed by atoms with Crippen LogP contribution in [0, 0.1) is 12.8 Å². The van der Waals surface area contributed by atoms with E-state index in [2.05, 4.69) is 4.98 Å². The van der Waals surface area contributed by atoms with Crippen LogP contribution in [0.1, 0.15) is 30.7 Å². The molecule has 3 rings (SSSR count). The largest absolute Gasteiger partial charge is 0.459 e. The maximum Gasteiger partial charge on any atom is 0.309 e. The highest BCUT2D eigenvalue weighted by molar-refractivity contribution is 7.15. The van der Waals surface area contributed by atoms with Crippen LogP contribution in [0.15, 0.2) is 16.2 Å². The van der Waals surface area contributed by atoms with Crippen LogP contribution < -0.4 is 5.56 Å². The molecule has 1 saturated carbocycles. The number of ether oxygens (including phenoxy) is 1. The number of aryl methyl sites for hydroxylation is 1. The first-order chi connectivity index (χ1) is 9.15. The number of rotatable bonds is 3. The molecule has 2 aromatic rings. The normalized spacial score (nSPS) is 15.4. The minimum atomic E-state index is -0.171. The summed E-state index contributed by atoms with van der Waals surface area (Å²) >= 11 is 1.41. The molecule has 2 aromatic heterocycles. The van der Waals surface area contributed by atoms with Crippen molar-refractivity contribution in [1.82, 2.24) is 9.38 Å². The van der Waals surface area contributed by atoms with Crippen LogP contribution >= 0.6 is 11.3 Å². The lowest BCUT2D eigenvalue weighted by atomic mass is 9.86. The zero-order valence-electron chi connectivity index (χ0n) is 10.6. The molecule has 0 spiro atoms. The van der Waals surface area contributed by atoms with Crippen molar-refractivity contribution < 1.29 is 9.53 Å². The highest BCUT2D eigenvalue weighted by Crippen LogP contribution is 2.27. The minimum absolute atomic E-state index is 0.0498. The Bertz CT molecular complexity index is 685. The molecule has 0 radical (unpaired) electrons. The average Bonchev–Trinajstić information content (AvgIpc) is 2.66. The van der Waals surface area contributed by atoms with E-state index in [4.69, 9.17) is 4.74 Å². The Kier molecular flexibility index (Phi) is 3.10. The van der Waals surface area contributed by atoms with Crippen molar-refractivity contribution in [2.45, 2.75) is 32.8 Å². The first-order valence-corrected chi connectivity index (χ1v) is 7.16. The van der Waals surface area contributed by atoms with Crippen molar-refractivity contribution in [1.29, 1.82) is 0 Å². The Balaban J connectivity index is 1.77. The Labute approximate surface area is 113 Å². The number of carbonyl (C=O) groups is 1. The maximum absolute atomic E-state index is 11.9. The van der Waals surface area contributed by atoms with E-state index >= 15 is 0 Å². The van der Waals surface area contributed by atoms with Gasteiger partial charge in [0.05, 0.1) is 11.6 Å². The van der Waals surface area contributed by atoms with E-state index in [9.17, 15) is 9.59 Å². The molecule has 0 aliphatic heterocycles. The molecule has 0 unspecified atom stereocenters. The van der Waals surface area contributed by atoms with Crippen LogP contribution in [-0.4, -0.2) is 15.4 Å². The van der Waals surface area contributed by atoms with Gasteiger partial charge >= 0.3 is 5.97 Å². The van der Waals surface area contributed by atoms with E-state index in [0.29, 0.717) is 10.7 Å². The zero-order valence-corrected chi connectivity index (χ0v) is 11.4. The van der Waals surface area contributed by atoms with Gasteiger partial charge in [-0.05, 0) is 19.8 Å². The molecule has 2 heterocycles. The van der Waals surface area contributed by atoms with E-state index in [-0.39, 0.29) is 24.1 Å². The summed E-state index contributed by atoms with van der Waals surface area (Å²) in [6.45, 7) is 1.95. The third kappa shape index (κ3) is 2.28. The SMILES string of the molecule is Cc1csc2nc(COC(=O)C3CCC3)cc(=O)n12. The van der Waals surface area contributed by atoms with Gasteiger partial charge in [-0.15, -0.1) is 11.3 Å². The fraction of sp³-hybridized carbons (Fsp3) is 0.462. The molecular formula is C13H14N2O3S. The van der Waals surface area contributed by atoms with Crippen LogP contribution in [-0.2, 0) is 16.1 Å². The van der Waals surface area contributed by atoms with E-state index in [1.165, 1.54) is 17.4 Å². The number of carbonyl (C=O) groups excluding carboxylic acids is 1. The molecule has 0 saturated heterocycles. The smallest absolute Gasteiger partial charge is 0.309 e. The second-order valence-electron chi connectivity index (χ2n) is 4.82. The summed E-state index contributed by atoms with van der Waals surface area (Å²) in [7, 11) is 0. The van der Waals surface area contributed by atoms with E-state index in [1.807, 2.05) is 12.3 Å². The van der Waals surface area contributed by atoms with Crippen molar-refractivity contribution in [3.63, 3.8) is 0 Å². The van der Waals surface area contributed by atoms with Crippen molar-refractivity contribution >= 4 is 22.3 Å². The highest BCUT2D eigenvalue weighted by Gasteiger charge is 2.26. The summed E-state index contributed by atoms with van der Waals surface area (Å²) in [6.07, 6.45) is 2.93. The van der Waals surface area contributed by atoms with Gasteiger partial charge in [0, 0.05) is 17.1 Å². The Morgan fingerprint density at radius 3 is 3.05 bits per heavy atom. The predicted octanol–water partition coefficient (Wildman–Crippen LogP) is 1.91. The number of aromatic nitrogens is 2. The molecule has 0 atom stereocenters. The Morgan fingerprint density at radius 1 is 1.58 bits per heavy atom. The molecule has 1 aliphatic carbocycles.